The van der Waals surface area contributed by atoms with Gasteiger partial charge in [-0.2, -0.15) is 0 Å². The Balaban J connectivity index is 1.75. The highest BCUT2D eigenvalue weighted by molar-refractivity contribution is 6.31. The molecule has 0 spiro atoms. The summed E-state index contributed by atoms with van der Waals surface area (Å²) in [5.41, 5.74) is 4.80. The molecule has 5 nitrogen and oxygen atoms in total. The summed E-state index contributed by atoms with van der Waals surface area (Å²) in [5.74, 6) is 0.173. The molecule has 0 unspecified atom stereocenters. The van der Waals surface area contributed by atoms with Crippen LogP contribution < -0.4 is 0 Å². The number of fused-ring (bicyclic) bond motifs is 2. The number of carbonyl (C=O) groups excluding carboxylic acids is 1. The summed E-state index contributed by atoms with van der Waals surface area (Å²) in [6, 6.07) is 10.4. The van der Waals surface area contributed by atoms with Gasteiger partial charge in [0.05, 0.1) is 11.7 Å². The number of piperazine rings is 1. The monoisotopic (exact) mass is 426 g/mol. The maximum atomic E-state index is 13.2. The van der Waals surface area contributed by atoms with Gasteiger partial charge >= 0.3 is 0 Å². The number of rotatable bonds is 3. The van der Waals surface area contributed by atoms with E-state index in [0.29, 0.717) is 6.54 Å². The lowest BCUT2D eigenvalue weighted by molar-refractivity contribution is -0.139. The average molecular weight is 427 g/mol. The van der Waals surface area contributed by atoms with E-state index in [1.807, 2.05) is 43.4 Å². The normalized spacial score (nSPS) is 22.3. The molecule has 2 aliphatic rings. The van der Waals surface area contributed by atoms with Crippen LogP contribution in [-0.2, 0) is 17.6 Å². The Morgan fingerprint density at radius 2 is 1.90 bits per heavy atom. The first kappa shape index (κ1) is 21.3. The molecule has 1 aromatic heterocycles. The summed E-state index contributed by atoms with van der Waals surface area (Å²) < 4.78 is 0. The fourth-order valence-corrected chi connectivity index (χ4v) is 4.96. The third-order valence-corrected chi connectivity index (χ3v) is 7.05. The Morgan fingerprint density at radius 3 is 2.67 bits per heavy atom. The Hall–Kier alpha value is -1.95. The Kier molecular flexibility index (Phi) is 6.14. The zero-order valence-electron chi connectivity index (χ0n) is 18.3. The van der Waals surface area contributed by atoms with Crippen molar-refractivity contribution in [1.29, 1.82) is 0 Å². The van der Waals surface area contributed by atoms with Crippen LogP contribution in [0.4, 0.5) is 0 Å². The van der Waals surface area contributed by atoms with Crippen molar-refractivity contribution in [3.8, 4) is 0 Å². The minimum atomic E-state index is -0.174. The zero-order chi connectivity index (χ0) is 21.4. The molecule has 2 heterocycles. The van der Waals surface area contributed by atoms with Crippen LogP contribution in [0.15, 0.2) is 36.5 Å². The number of benzene rings is 1. The number of aryl methyl sites for hydroxylation is 2. The predicted octanol–water partition coefficient (Wildman–Crippen LogP) is 3.41. The molecule has 1 aromatic carbocycles. The van der Waals surface area contributed by atoms with E-state index in [1.165, 1.54) is 11.1 Å². The van der Waals surface area contributed by atoms with E-state index in [1.54, 1.807) is 0 Å². The first-order chi connectivity index (χ1) is 14.4. The second kappa shape index (κ2) is 8.66. The van der Waals surface area contributed by atoms with Crippen molar-refractivity contribution in [2.24, 2.45) is 0 Å². The molecule has 6 heteroatoms. The summed E-state index contributed by atoms with van der Waals surface area (Å²) in [7, 11) is 3.95. The fourth-order valence-electron chi connectivity index (χ4n) is 4.66. The minimum Gasteiger partial charge on any atom is -0.342 e. The van der Waals surface area contributed by atoms with Gasteiger partial charge in [0.25, 0.3) is 0 Å². The van der Waals surface area contributed by atoms with Gasteiger partial charge in [0.15, 0.2) is 0 Å². The summed E-state index contributed by atoms with van der Waals surface area (Å²) in [6.07, 6.45) is 3.79. The number of nitrogens with zero attached hydrogens (tertiary/aromatic N) is 4. The molecule has 2 aromatic rings. The molecule has 2 atom stereocenters. The topological polar surface area (TPSA) is 39.7 Å². The molecule has 1 saturated heterocycles. The second-order valence-electron chi connectivity index (χ2n) is 8.80. The number of likely N-dealkylation sites (N-methyl/N-ethyl adjacent to an activating group) is 2. The van der Waals surface area contributed by atoms with E-state index >= 15 is 0 Å². The van der Waals surface area contributed by atoms with Crippen LogP contribution >= 0.6 is 11.6 Å². The molecule has 0 radical (unpaired) electrons. The SMILES string of the molecule is CC(C)N(C)C(=O)[C@H]1CN([C@H]2c3ncccc3CCc3cccc(Cl)c32)CCN1C. The maximum Gasteiger partial charge on any atom is 0.241 e. The van der Waals surface area contributed by atoms with Gasteiger partial charge in [0, 0.05) is 43.9 Å². The molecule has 0 bridgehead atoms. The van der Waals surface area contributed by atoms with Gasteiger partial charge in [-0.15, -0.1) is 0 Å². The lowest BCUT2D eigenvalue weighted by Gasteiger charge is -2.44. The van der Waals surface area contributed by atoms with Crippen molar-refractivity contribution in [2.45, 2.75) is 44.8 Å². The number of amides is 1. The van der Waals surface area contributed by atoms with Gasteiger partial charge in [0.1, 0.15) is 6.04 Å². The van der Waals surface area contributed by atoms with Crippen molar-refractivity contribution in [3.63, 3.8) is 0 Å². The number of hydrogen-bond acceptors (Lipinski definition) is 4. The number of pyridine rings is 1. The highest BCUT2D eigenvalue weighted by Gasteiger charge is 2.39. The van der Waals surface area contributed by atoms with Crippen LogP contribution in [0.3, 0.4) is 0 Å². The zero-order valence-corrected chi connectivity index (χ0v) is 19.1. The summed E-state index contributed by atoms with van der Waals surface area (Å²) in [6.45, 7) is 6.48. The Labute approximate surface area is 184 Å². The lowest BCUT2D eigenvalue weighted by atomic mass is 9.95. The van der Waals surface area contributed by atoms with Crippen molar-refractivity contribution in [1.82, 2.24) is 19.7 Å². The van der Waals surface area contributed by atoms with Gasteiger partial charge in [-0.3, -0.25) is 19.6 Å². The third-order valence-electron chi connectivity index (χ3n) is 6.72. The smallest absolute Gasteiger partial charge is 0.241 e. The standard InChI is InChI=1S/C24H31ClN4O/c1-16(2)28(4)24(30)20-15-29(14-13-27(20)3)23-21-17(7-5-9-19(21)25)10-11-18-8-6-12-26-22(18)23/h5-9,12,16,20,23H,10-11,13-15H2,1-4H3/t20-,23-/m1/s1. The predicted molar refractivity (Wildman–Crippen MR) is 121 cm³/mol. The largest absolute Gasteiger partial charge is 0.342 e. The Morgan fingerprint density at radius 1 is 1.17 bits per heavy atom. The molecule has 1 aliphatic heterocycles. The highest BCUT2D eigenvalue weighted by Crippen LogP contribution is 2.40. The van der Waals surface area contributed by atoms with Crippen LogP contribution in [0.2, 0.25) is 5.02 Å². The van der Waals surface area contributed by atoms with E-state index in [2.05, 4.69) is 35.8 Å². The minimum absolute atomic E-state index is 0.0271. The van der Waals surface area contributed by atoms with Crippen LogP contribution in [0.1, 0.15) is 42.3 Å². The molecular formula is C24H31ClN4O. The molecule has 0 N–H and O–H groups in total. The number of halogens is 1. The van der Waals surface area contributed by atoms with Crippen molar-refractivity contribution in [3.05, 3.63) is 63.9 Å². The molecule has 1 amide bonds. The first-order valence-corrected chi connectivity index (χ1v) is 11.2. The van der Waals surface area contributed by atoms with Crippen LogP contribution in [0, 0.1) is 0 Å². The molecule has 30 heavy (non-hydrogen) atoms. The van der Waals surface area contributed by atoms with E-state index in [4.69, 9.17) is 16.6 Å². The first-order valence-electron chi connectivity index (χ1n) is 10.8. The highest BCUT2D eigenvalue weighted by atomic mass is 35.5. The number of aromatic nitrogens is 1. The van der Waals surface area contributed by atoms with E-state index in [0.717, 1.165) is 42.2 Å². The van der Waals surface area contributed by atoms with E-state index < -0.39 is 0 Å². The lowest BCUT2D eigenvalue weighted by Crippen LogP contribution is -2.59. The van der Waals surface area contributed by atoms with Gasteiger partial charge < -0.3 is 4.90 Å². The average Bonchev–Trinajstić information content (AvgIpc) is 2.91. The van der Waals surface area contributed by atoms with E-state index in [-0.39, 0.29) is 24.0 Å². The molecule has 160 valence electrons. The van der Waals surface area contributed by atoms with Gasteiger partial charge in [-0.1, -0.05) is 29.8 Å². The molecule has 0 saturated carbocycles. The van der Waals surface area contributed by atoms with E-state index in [9.17, 15) is 4.79 Å². The van der Waals surface area contributed by atoms with Crippen LogP contribution in [0.5, 0.6) is 0 Å². The van der Waals surface area contributed by atoms with Crippen LogP contribution in [-0.4, -0.2) is 71.4 Å². The summed E-state index contributed by atoms with van der Waals surface area (Å²) in [5, 5.41) is 0.789. The van der Waals surface area contributed by atoms with Crippen molar-refractivity contribution < 1.29 is 4.79 Å². The number of carbonyl (C=O) groups is 1. The molecule has 4 rings (SSSR count). The fraction of sp³-hybridized carbons (Fsp3) is 0.500. The van der Waals surface area contributed by atoms with Crippen LogP contribution in [0.25, 0.3) is 0 Å². The van der Waals surface area contributed by atoms with Gasteiger partial charge in [0.2, 0.25) is 5.91 Å². The summed E-state index contributed by atoms with van der Waals surface area (Å²) >= 11 is 6.77. The molecule has 1 aliphatic carbocycles. The Bertz CT molecular complexity index is 931. The van der Waals surface area contributed by atoms with Crippen molar-refractivity contribution in [2.75, 3.05) is 33.7 Å². The number of hydrogen-bond donors (Lipinski definition) is 0. The molecular weight excluding hydrogens is 396 g/mol. The van der Waals surface area contributed by atoms with Gasteiger partial charge in [-0.25, -0.2) is 0 Å². The van der Waals surface area contributed by atoms with Gasteiger partial charge in [-0.05, 0) is 62.6 Å². The molecule has 1 fully saturated rings. The summed E-state index contributed by atoms with van der Waals surface area (Å²) in [4.78, 5) is 24.5. The van der Waals surface area contributed by atoms with Crippen molar-refractivity contribution >= 4 is 17.5 Å². The quantitative estimate of drug-likeness (QED) is 0.754. The second-order valence-corrected chi connectivity index (χ2v) is 9.20. The third kappa shape index (κ3) is 3.86. The maximum absolute atomic E-state index is 13.2.